The first-order valence-electron chi connectivity index (χ1n) is 8.48. The molecular weight excluding hydrogens is 373 g/mol. The summed E-state index contributed by atoms with van der Waals surface area (Å²) >= 11 is 6.85. The molecule has 1 aliphatic heterocycles. The van der Waals surface area contributed by atoms with Gasteiger partial charge in [0.15, 0.2) is 4.87 Å². The van der Waals surface area contributed by atoms with Crippen molar-refractivity contribution < 1.29 is 14.3 Å². The summed E-state index contributed by atoms with van der Waals surface area (Å²) in [5, 5.41) is 0. The zero-order chi connectivity index (χ0) is 17.5. The van der Waals surface area contributed by atoms with Crippen LogP contribution in [0, 0.1) is 0 Å². The lowest BCUT2D eigenvalue weighted by molar-refractivity contribution is -0.146. The molecule has 0 bridgehead atoms. The van der Waals surface area contributed by atoms with Crippen LogP contribution in [0.5, 0.6) is 0 Å². The highest BCUT2D eigenvalue weighted by atomic mass is 35.5. The maximum Gasteiger partial charge on any atom is 0.336 e. The van der Waals surface area contributed by atoms with Crippen LogP contribution >= 0.6 is 24.0 Å². The smallest absolute Gasteiger partial charge is 0.336 e. The van der Waals surface area contributed by atoms with Crippen LogP contribution in [-0.2, 0) is 19.1 Å². The number of halogens is 2. The van der Waals surface area contributed by atoms with Crippen LogP contribution in [0.15, 0.2) is 60.7 Å². The summed E-state index contributed by atoms with van der Waals surface area (Å²) in [4.78, 5) is 13.8. The Hall–Kier alpha value is -1.59. The lowest BCUT2D eigenvalue weighted by Crippen LogP contribution is -2.40. The van der Waals surface area contributed by atoms with Crippen molar-refractivity contribution in [1.82, 2.24) is 4.90 Å². The Morgan fingerprint density at radius 1 is 1.00 bits per heavy atom. The van der Waals surface area contributed by atoms with E-state index in [-0.39, 0.29) is 12.4 Å². The molecule has 0 unspecified atom stereocenters. The van der Waals surface area contributed by atoms with Gasteiger partial charge in [-0.15, -0.1) is 12.4 Å². The van der Waals surface area contributed by atoms with E-state index in [1.54, 1.807) is 0 Å². The molecule has 0 saturated carbocycles. The average molecular weight is 396 g/mol. The fourth-order valence-corrected chi connectivity index (χ4v) is 3.24. The molecule has 6 heteroatoms. The number of esters is 1. The van der Waals surface area contributed by atoms with Gasteiger partial charge in [0.2, 0.25) is 0 Å². The second kappa shape index (κ2) is 9.93. The normalized spacial score (nSPS) is 15.1. The van der Waals surface area contributed by atoms with Crippen molar-refractivity contribution in [3.8, 4) is 0 Å². The molecule has 2 aromatic rings. The first-order chi connectivity index (χ1) is 12.2. The predicted octanol–water partition coefficient (Wildman–Crippen LogP) is 3.47. The highest BCUT2D eigenvalue weighted by molar-refractivity contribution is 6.36. The fraction of sp³-hybridized carbons (Fsp3) is 0.350. The van der Waals surface area contributed by atoms with Gasteiger partial charge in [-0.25, -0.2) is 4.79 Å². The highest BCUT2D eigenvalue weighted by Crippen LogP contribution is 2.37. The van der Waals surface area contributed by atoms with Crippen LogP contribution < -0.4 is 0 Å². The molecule has 0 atom stereocenters. The van der Waals surface area contributed by atoms with Crippen molar-refractivity contribution >= 4 is 30.0 Å². The largest absolute Gasteiger partial charge is 0.463 e. The molecule has 0 N–H and O–H groups in total. The minimum Gasteiger partial charge on any atom is -0.463 e. The summed E-state index contributed by atoms with van der Waals surface area (Å²) < 4.78 is 10.9. The monoisotopic (exact) mass is 395 g/mol. The van der Waals surface area contributed by atoms with Crippen molar-refractivity contribution in [3.05, 3.63) is 71.8 Å². The van der Waals surface area contributed by atoms with Gasteiger partial charge < -0.3 is 9.47 Å². The quantitative estimate of drug-likeness (QED) is 0.554. The molecule has 1 fully saturated rings. The Morgan fingerprint density at radius 3 is 2.00 bits per heavy atom. The van der Waals surface area contributed by atoms with Crippen molar-refractivity contribution in [2.75, 3.05) is 39.5 Å². The molecule has 0 spiro atoms. The summed E-state index contributed by atoms with van der Waals surface area (Å²) in [6.45, 7) is 4.17. The lowest BCUT2D eigenvalue weighted by Gasteiger charge is -2.28. The Labute approximate surface area is 165 Å². The zero-order valence-corrected chi connectivity index (χ0v) is 16.0. The Morgan fingerprint density at radius 2 is 1.50 bits per heavy atom. The maximum absolute atomic E-state index is 12.9. The van der Waals surface area contributed by atoms with Crippen LogP contribution in [0.4, 0.5) is 0 Å². The van der Waals surface area contributed by atoms with Crippen LogP contribution in [0.2, 0.25) is 0 Å². The number of hydrogen-bond donors (Lipinski definition) is 0. The molecule has 3 rings (SSSR count). The van der Waals surface area contributed by atoms with Gasteiger partial charge in [0, 0.05) is 19.6 Å². The number of rotatable bonds is 6. The number of carbonyl (C=O) groups is 1. The van der Waals surface area contributed by atoms with Gasteiger partial charge in [0.25, 0.3) is 0 Å². The van der Waals surface area contributed by atoms with E-state index < -0.39 is 10.8 Å². The lowest BCUT2D eigenvalue weighted by atomic mass is 9.90. The molecular formula is C20H23Cl2NO3. The molecule has 0 radical (unpaired) electrons. The number of nitrogens with zero attached hydrogens (tertiary/aromatic N) is 1. The molecule has 1 aliphatic rings. The van der Waals surface area contributed by atoms with Crippen molar-refractivity contribution in [2.24, 2.45) is 0 Å². The minimum atomic E-state index is -1.34. The third kappa shape index (κ3) is 4.77. The molecule has 4 nitrogen and oxygen atoms in total. The molecule has 26 heavy (non-hydrogen) atoms. The van der Waals surface area contributed by atoms with Gasteiger partial charge in [0.05, 0.1) is 13.2 Å². The van der Waals surface area contributed by atoms with Crippen LogP contribution in [0.1, 0.15) is 11.1 Å². The molecule has 0 amide bonds. The van der Waals surface area contributed by atoms with E-state index in [0.717, 1.165) is 26.3 Å². The average Bonchev–Trinajstić information content (AvgIpc) is 2.69. The second-order valence-electron chi connectivity index (χ2n) is 5.98. The van der Waals surface area contributed by atoms with E-state index >= 15 is 0 Å². The predicted molar refractivity (Wildman–Crippen MR) is 105 cm³/mol. The number of alkyl halides is 1. The van der Waals surface area contributed by atoms with Gasteiger partial charge in [-0.05, 0) is 11.1 Å². The number of morpholine rings is 1. The van der Waals surface area contributed by atoms with Crippen LogP contribution in [0.25, 0.3) is 0 Å². The number of benzene rings is 2. The standard InChI is InChI=1S/C20H22ClNO3.ClH/c21-20(17-7-3-1-4-8-17,18-9-5-2-6-10-18)19(23)25-16-13-22-11-14-24-15-12-22;/h1-10H,11-16H2;1H. The maximum atomic E-state index is 12.9. The van der Waals surface area contributed by atoms with E-state index in [2.05, 4.69) is 4.90 Å². The van der Waals surface area contributed by atoms with E-state index in [1.165, 1.54) is 0 Å². The second-order valence-corrected chi connectivity index (χ2v) is 6.55. The summed E-state index contributed by atoms with van der Waals surface area (Å²) in [6.07, 6.45) is 0. The number of ether oxygens (including phenoxy) is 2. The highest BCUT2D eigenvalue weighted by Gasteiger charge is 2.41. The third-order valence-electron chi connectivity index (χ3n) is 4.37. The van der Waals surface area contributed by atoms with Gasteiger partial charge in [-0.2, -0.15) is 0 Å². The van der Waals surface area contributed by atoms with Gasteiger partial charge in [-0.3, -0.25) is 4.90 Å². The van der Waals surface area contributed by atoms with E-state index in [1.807, 2.05) is 60.7 Å². The summed E-state index contributed by atoms with van der Waals surface area (Å²) in [5.74, 6) is -0.445. The van der Waals surface area contributed by atoms with Crippen LogP contribution in [0.3, 0.4) is 0 Å². The van der Waals surface area contributed by atoms with Gasteiger partial charge in [0.1, 0.15) is 6.61 Å². The minimum absolute atomic E-state index is 0. The van der Waals surface area contributed by atoms with Crippen molar-refractivity contribution in [2.45, 2.75) is 4.87 Å². The molecule has 2 aromatic carbocycles. The van der Waals surface area contributed by atoms with E-state index in [4.69, 9.17) is 21.1 Å². The number of hydrogen-bond acceptors (Lipinski definition) is 4. The third-order valence-corrected chi connectivity index (χ3v) is 4.96. The molecule has 1 heterocycles. The number of carbonyl (C=O) groups excluding carboxylic acids is 1. The summed E-state index contributed by atoms with van der Waals surface area (Å²) in [7, 11) is 0. The molecule has 0 aromatic heterocycles. The molecule has 0 aliphatic carbocycles. The van der Waals surface area contributed by atoms with E-state index in [9.17, 15) is 4.79 Å². The molecule has 140 valence electrons. The SMILES string of the molecule is Cl.O=C(OCCN1CCOCC1)C(Cl)(c1ccccc1)c1ccccc1. The zero-order valence-electron chi connectivity index (χ0n) is 14.5. The Kier molecular flexibility index (Phi) is 7.91. The van der Waals surface area contributed by atoms with Crippen molar-refractivity contribution in [1.29, 1.82) is 0 Å². The summed E-state index contributed by atoms with van der Waals surface area (Å²) in [5.41, 5.74) is 1.42. The Balaban J connectivity index is 0.00000243. The topological polar surface area (TPSA) is 38.8 Å². The van der Waals surface area contributed by atoms with Crippen molar-refractivity contribution in [3.63, 3.8) is 0 Å². The Bertz CT molecular complexity index is 636. The summed E-state index contributed by atoms with van der Waals surface area (Å²) in [6, 6.07) is 18.7. The molecule has 1 saturated heterocycles. The van der Waals surface area contributed by atoms with Crippen LogP contribution in [-0.4, -0.2) is 50.3 Å². The fourth-order valence-electron chi connectivity index (χ4n) is 2.93. The van der Waals surface area contributed by atoms with E-state index in [0.29, 0.717) is 24.3 Å². The van der Waals surface area contributed by atoms with Gasteiger partial charge >= 0.3 is 5.97 Å². The van der Waals surface area contributed by atoms with Gasteiger partial charge in [-0.1, -0.05) is 72.3 Å². The first-order valence-corrected chi connectivity index (χ1v) is 8.86. The first kappa shape index (κ1) is 20.7.